The average molecular weight is 116 g/mol. The van der Waals surface area contributed by atoms with Crippen LogP contribution in [0.3, 0.4) is 0 Å². The van der Waals surface area contributed by atoms with Gasteiger partial charge in [0.25, 0.3) is 0 Å². The molecular formula is C5H8OS. The van der Waals surface area contributed by atoms with Gasteiger partial charge in [-0.3, -0.25) is 0 Å². The molecule has 0 N–H and O–H groups in total. The summed E-state index contributed by atoms with van der Waals surface area (Å²) in [6.07, 6.45) is 0. The predicted octanol–water partition coefficient (Wildman–Crippen LogP) is 0.736. The van der Waals surface area contributed by atoms with Crippen LogP contribution in [-0.4, -0.2) is 10.3 Å². The topological polar surface area (TPSA) is 23.1 Å². The fraction of sp³-hybridized carbons (Fsp3) is 0.600. The normalized spacial score (nSPS) is 11.9. The van der Waals surface area contributed by atoms with Gasteiger partial charge in [0.15, 0.2) is 0 Å². The Labute approximate surface area is 47.3 Å². The first-order valence-electron chi connectivity index (χ1n) is 2.12. The van der Waals surface area contributed by atoms with E-state index in [1.165, 1.54) is 0 Å². The highest BCUT2D eigenvalue weighted by Gasteiger charge is 1.90. The van der Waals surface area contributed by atoms with E-state index in [9.17, 15) is 4.55 Å². The minimum atomic E-state index is -0.888. The lowest BCUT2D eigenvalue weighted by molar-refractivity contribution is 0.606. The first-order valence-corrected chi connectivity index (χ1v) is 3.44. The van der Waals surface area contributed by atoms with Crippen LogP contribution < -0.4 is 0 Å². The molecule has 0 aliphatic heterocycles. The van der Waals surface area contributed by atoms with Crippen molar-refractivity contribution >= 4 is 11.2 Å². The second-order valence-electron chi connectivity index (χ2n) is 0.986. The van der Waals surface area contributed by atoms with Crippen molar-refractivity contribution in [3.63, 3.8) is 0 Å². The van der Waals surface area contributed by atoms with E-state index in [0.717, 1.165) is 0 Å². The third-order valence-electron chi connectivity index (χ3n) is 0.478. The maximum Gasteiger partial charge on any atom is 0.149 e. The Kier molecular flexibility index (Phi) is 3.97. The quantitative estimate of drug-likeness (QED) is 0.366. The molecule has 0 saturated carbocycles. The SMILES string of the molecule is CC#C[S+]([O-])CC. The summed E-state index contributed by atoms with van der Waals surface area (Å²) < 4.78 is 10.3. The summed E-state index contributed by atoms with van der Waals surface area (Å²) in [5, 5.41) is 2.52. The highest BCUT2D eigenvalue weighted by molar-refractivity contribution is 7.96. The molecule has 0 saturated heterocycles. The molecule has 0 rings (SSSR count). The fourth-order valence-corrected chi connectivity index (χ4v) is 0.558. The van der Waals surface area contributed by atoms with E-state index in [2.05, 4.69) is 11.2 Å². The van der Waals surface area contributed by atoms with E-state index in [1.807, 2.05) is 6.92 Å². The molecule has 2 heteroatoms. The van der Waals surface area contributed by atoms with Gasteiger partial charge in [0.05, 0.1) is 0 Å². The molecule has 0 bridgehead atoms. The summed E-state index contributed by atoms with van der Waals surface area (Å²) in [5.74, 6) is 3.21. The van der Waals surface area contributed by atoms with Gasteiger partial charge in [-0.1, -0.05) is 0 Å². The van der Waals surface area contributed by atoms with Crippen molar-refractivity contribution in [3.8, 4) is 11.2 Å². The first-order chi connectivity index (χ1) is 3.31. The smallest absolute Gasteiger partial charge is 0.149 e. The second-order valence-corrected chi connectivity index (χ2v) is 2.46. The maximum atomic E-state index is 10.3. The summed E-state index contributed by atoms with van der Waals surface area (Å²) in [7, 11) is 0. The van der Waals surface area contributed by atoms with Crippen molar-refractivity contribution < 1.29 is 4.55 Å². The number of hydrogen-bond donors (Lipinski definition) is 0. The summed E-state index contributed by atoms with van der Waals surface area (Å²) >= 11 is -0.888. The zero-order valence-electron chi connectivity index (χ0n) is 4.52. The molecular weight excluding hydrogens is 108 g/mol. The predicted molar refractivity (Wildman–Crippen MR) is 32.1 cm³/mol. The molecule has 0 amide bonds. The molecule has 40 valence electrons. The molecule has 0 aromatic rings. The minimum Gasteiger partial charge on any atom is -0.604 e. The van der Waals surface area contributed by atoms with Crippen LogP contribution >= 0.6 is 0 Å². The third-order valence-corrected chi connectivity index (χ3v) is 1.43. The minimum absolute atomic E-state index is 0.640. The van der Waals surface area contributed by atoms with Gasteiger partial charge in [-0.25, -0.2) is 0 Å². The molecule has 0 aliphatic carbocycles. The van der Waals surface area contributed by atoms with E-state index < -0.39 is 11.2 Å². The highest BCUT2D eigenvalue weighted by Crippen LogP contribution is 1.82. The van der Waals surface area contributed by atoms with Crippen molar-refractivity contribution in [2.45, 2.75) is 13.8 Å². The molecule has 0 aromatic carbocycles. The van der Waals surface area contributed by atoms with Crippen molar-refractivity contribution in [2.75, 3.05) is 5.75 Å². The lowest BCUT2D eigenvalue weighted by atomic mass is 10.8. The van der Waals surface area contributed by atoms with Crippen LogP contribution in [0.2, 0.25) is 0 Å². The Morgan fingerprint density at radius 2 is 2.29 bits per heavy atom. The zero-order chi connectivity index (χ0) is 5.70. The molecule has 0 radical (unpaired) electrons. The van der Waals surface area contributed by atoms with Gasteiger partial charge >= 0.3 is 0 Å². The van der Waals surface area contributed by atoms with Gasteiger partial charge in [0, 0.05) is 18.1 Å². The molecule has 0 aromatic heterocycles. The van der Waals surface area contributed by atoms with Crippen molar-refractivity contribution in [1.29, 1.82) is 0 Å². The van der Waals surface area contributed by atoms with E-state index in [0.29, 0.717) is 5.75 Å². The van der Waals surface area contributed by atoms with Crippen LogP contribution in [0.1, 0.15) is 13.8 Å². The lowest BCUT2D eigenvalue weighted by Gasteiger charge is -1.92. The fourth-order valence-electron chi connectivity index (χ4n) is 0.186. The lowest BCUT2D eigenvalue weighted by Crippen LogP contribution is -1.96. The van der Waals surface area contributed by atoms with Crippen LogP contribution in [0, 0.1) is 11.2 Å². The van der Waals surface area contributed by atoms with Gasteiger partial charge in [-0.15, -0.1) is 0 Å². The molecule has 1 atom stereocenters. The summed E-state index contributed by atoms with van der Waals surface area (Å²) in [5.41, 5.74) is 0. The van der Waals surface area contributed by atoms with E-state index in [-0.39, 0.29) is 0 Å². The summed E-state index contributed by atoms with van der Waals surface area (Å²) in [6.45, 7) is 3.54. The molecule has 0 heterocycles. The van der Waals surface area contributed by atoms with Gasteiger partial charge in [0.2, 0.25) is 0 Å². The van der Waals surface area contributed by atoms with Crippen LogP contribution in [0.15, 0.2) is 0 Å². The number of rotatable bonds is 1. The van der Waals surface area contributed by atoms with Gasteiger partial charge in [-0.05, 0) is 12.8 Å². The largest absolute Gasteiger partial charge is 0.604 e. The van der Waals surface area contributed by atoms with Crippen LogP contribution in [0.5, 0.6) is 0 Å². The molecule has 7 heavy (non-hydrogen) atoms. The van der Waals surface area contributed by atoms with E-state index >= 15 is 0 Å². The Bertz CT molecular complexity index is 90.0. The van der Waals surface area contributed by atoms with Crippen LogP contribution in [0.25, 0.3) is 0 Å². The Morgan fingerprint density at radius 3 is 2.43 bits per heavy atom. The first kappa shape index (κ1) is 6.87. The zero-order valence-corrected chi connectivity index (χ0v) is 5.34. The maximum absolute atomic E-state index is 10.3. The molecule has 0 spiro atoms. The third kappa shape index (κ3) is 3.71. The highest BCUT2D eigenvalue weighted by atomic mass is 32.2. The number of hydrogen-bond acceptors (Lipinski definition) is 1. The van der Waals surface area contributed by atoms with Crippen molar-refractivity contribution in [1.82, 2.24) is 0 Å². The van der Waals surface area contributed by atoms with Crippen LogP contribution in [0.4, 0.5) is 0 Å². The monoisotopic (exact) mass is 116 g/mol. The molecule has 1 unspecified atom stereocenters. The molecule has 1 nitrogen and oxygen atoms in total. The average Bonchev–Trinajstić information content (AvgIpc) is 1.68. The van der Waals surface area contributed by atoms with E-state index in [1.54, 1.807) is 6.92 Å². The Morgan fingerprint density at radius 1 is 1.71 bits per heavy atom. The Balaban J connectivity index is 3.29. The second kappa shape index (κ2) is 4.04. The summed E-state index contributed by atoms with van der Waals surface area (Å²) in [6, 6.07) is 0. The van der Waals surface area contributed by atoms with Gasteiger partial charge < -0.3 is 4.55 Å². The van der Waals surface area contributed by atoms with Gasteiger partial charge in [-0.2, -0.15) is 0 Å². The van der Waals surface area contributed by atoms with E-state index in [4.69, 9.17) is 0 Å². The summed E-state index contributed by atoms with van der Waals surface area (Å²) in [4.78, 5) is 0. The van der Waals surface area contributed by atoms with Crippen LogP contribution in [-0.2, 0) is 11.2 Å². The molecule has 0 aliphatic rings. The Hall–Kier alpha value is -0.130. The van der Waals surface area contributed by atoms with Crippen molar-refractivity contribution in [2.24, 2.45) is 0 Å². The standard InChI is InChI=1S/C5H8OS/c1-3-5-7(6)4-2/h4H2,1-2H3. The van der Waals surface area contributed by atoms with Gasteiger partial charge in [0.1, 0.15) is 11.0 Å². The van der Waals surface area contributed by atoms with Crippen molar-refractivity contribution in [3.05, 3.63) is 0 Å². The molecule has 0 fully saturated rings.